The highest BCUT2D eigenvalue weighted by Crippen LogP contribution is 2.21. The molecule has 0 atom stereocenters. The van der Waals surface area contributed by atoms with Crippen molar-refractivity contribution in [3.63, 3.8) is 0 Å². The molecule has 0 aliphatic carbocycles. The Morgan fingerprint density at radius 1 is 1.00 bits per heavy atom. The van der Waals surface area contributed by atoms with E-state index < -0.39 is 11.5 Å². The second kappa shape index (κ2) is 8.89. The lowest BCUT2D eigenvalue weighted by molar-refractivity contribution is 0.102. The highest BCUT2D eigenvalue weighted by Gasteiger charge is 2.14. The Hall–Kier alpha value is -4.20. The maximum absolute atomic E-state index is 12.6. The molecule has 1 amide bonds. The Kier molecular flexibility index (Phi) is 5.85. The van der Waals surface area contributed by atoms with E-state index in [1.165, 1.54) is 6.07 Å². The molecule has 0 aliphatic heterocycles. The summed E-state index contributed by atoms with van der Waals surface area (Å²) in [6, 6.07) is 17.3. The molecule has 8 heteroatoms. The normalized spacial score (nSPS) is 10.9. The Morgan fingerprint density at radius 3 is 2.47 bits per heavy atom. The van der Waals surface area contributed by atoms with Gasteiger partial charge in [-0.2, -0.15) is 4.98 Å². The molecule has 0 saturated heterocycles. The molecule has 0 bridgehead atoms. The lowest BCUT2D eigenvalue weighted by Crippen LogP contribution is -2.20. The number of fused-ring (bicyclic) bond motifs is 1. The van der Waals surface area contributed by atoms with Gasteiger partial charge in [0.05, 0.1) is 6.10 Å². The molecule has 0 saturated carbocycles. The van der Waals surface area contributed by atoms with Gasteiger partial charge in [-0.25, -0.2) is 9.78 Å². The van der Waals surface area contributed by atoms with Gasteiger partial charge in [0.2, 0.25) is 5.88 Å². The second-order valence-electron chi connectivity index (χ2n) is 7.45. The van der Waals surface area contributed by atoms with Gasteiger partial charge in [0.1, 0.15) is 22.8 Å². The summed E-state index contributed by atoms with van der Waals surface area (Å²) >= 11 is 0. The van der Waals surface area contributed by atoms with E-state index in [1.54, 1.807) is 55.5 Å². The number of aromatic nitrogens is 2. The van der Waals surface area contributed by atoms with Crippen LogP contribution in [0.25, 0.3) is 11.0 Å². The van der Waals surface area contributed by atoms with Crippen LogP contribution >= 0.6 is 0 Å². The van der Waals surface area contributed by atoms with Crippen molar-refractivity contribution >= 4 is 34.1 Å². The summed E-state index contributed by atoms with van der Waals surface area (Å²) in [6.07, 6.45) is 0.00471. The molecule has 162 valence electrons. The van der Waals surface area contributed by atoms with Crippen LogP contribution in [0, 0.1) is 6.92 Å². The number of benzene rings is 2. The summed E-state index contributed by atoms with van der Waals surface area (Å²) in [5, 5.41) is 6.59. The summed E-state index contributed by atoms with van der Waals surface area (Å²) in [7, 11) is 0. The minimum atomic E-state index is -0.682. The number of nitrogens with one attached hydrogen (secondary N) is 2. The smallest absolute Gasteiger partial charge is 0.349 e. The molecular weight excluding hydrogens is 408 g/mol. The molecule has 32 heavy (non-hydrogen) atoms. The van der Waals surface area contributed by atoms with Crippen molar-refractivity contribution in [1.29, 1.82) is 0 Å². The lowest BCUT2D eigenvalue weighted by atomic mass is 10.1. The lowest BCUT2D eigenvalue weighted by Gasteiger charge is -2.12. The van der Waals surface area contributed by atoms with Crippen LogP contribution in [-0.2, 0) is 0 Å². The molecular formula is C24H22N4O4. The van der Waals surface area contributed by atoms with E-state index in [-0.39, 0.29) is 11.7 Å². The number of carbonyl (C=O) groups excluding carboxylic acids is 1. The van der Waals surface area contributed by atoms with E-state index in [0.717, 1.165) is 5.69 Å². The van der Waals surface area contributed by atoms with E-state index in [0.29, 0.717) is 34.2 Å². The number of amides is 1. The van der Waals surface area contributed by atoms with Crippen molar-refractivity contribution in [1.82, 2.24) is 9.97 Å². The molecule has 4 rings (SSSR count). The number of aryl methyl sites for hydroxylation is 1. The monoisotopic (exact) mass is 430 g/mol. The summed E-state index contributed by atoms with van der Waals surface area (Å²) < 4.78 is 10.9. The van der Waals surface area contributed by atoms with Gasteiger partial charge in [0.15, 0.2) is 0 Å². The number of anilines is 3. The van der Waals surface area contributed by atoms with Gasteiger partial charge in [-0.1, -0.05) is 18.2 Å². The van der Waals surface area contributed by atoms with Crippen molar-refractivity contribution < 1.29 is 13.9 Å². The topological polar surface area (TPSA) is 106 Å². The molecule has 2 N–H and O–H groups in total. The largest absolute Gasteiger partial charge is 0.475 e. The van der Waals surface area contributed by atoms with Gasteiger partial charge in [0, 0.05) is 22.8 Å². The number of ether oxygens (including phenoxy) is 1. The van der Waals surface area contributed by atoms with Gasteiger partial charge in [0.25, 0.3) is 5.91 Å². The van der Waals surface area contributed by atoms with Crippen LogP contribution in [0.1, 0.15) is 30.0 Å². The van der Waals surface area contributed by atoms with E-state index in [1.807, 2.05) is 19.9 Å². The predicted molar refractivity (Wildman–Crippen MR) is 123 cm³/mol. The van der Waals surface area contributed by atoms with E-state index in [2.05, 4.69) is 20.6 Å². The number of hydrogen-bond donors (Lipinski definition) is 2. The third-order valence-corrected chi connectivity index (χ3v) is 4.47. The van der Waals surface area contributed by atoms with Gasteiger partial charge < -0.3 is 19.8 Å². The highest BCUT2D eigenvalue weighted by molar-refractivity contribution is 6.05. The quantitative estimate of drug-likeness (QED) is 0.428. The van der Waals surface area contributed by atoms with Crippen molar-refractivity contribution in [2.24, 2.45) is 0 Å². The third kappa shape index (κ3) is 4.92. The maximum Gasteiger partial charge on any atom is 0.349 e. The minimum absolute atomic E-state index is 0.00471. The van der Waals surface area contributed by atoms with Gasteiger partial charge in [-0.15, -0.1) is 0 Å². The molecule has 0 unspecified atom stereocenters. The summed E-state index contributed by atoms with van der Waals surface area (Å²) in [4.78, 5) is 33.4. The van der Waals surface area contributed by atoms with Gasteiger partial charge in [-0.05, 0) is 57.2 Å². The fourth-order valence-corrected chi connectivity index (χ4v) is 3.11. The number of rotatable bonds is 6. The van der Waals surface area contributed by atoms with E-state index in [9.17, 15) is 9.59 Å². The van der Waals surface area contributed by atoms with Crippen LogP contribution in [-0.4, -0.2) is 22.0 Å². The van der Waals surface area contributed by atoms with E-state index >= 15 is 0 Å². The number of nitrogens with zero attached hydrogens (tertiary/aromatic N) is 2. The SMILES string of the molecule is Cc1nc(Nc2ccc(NC(=O)c3cc4ccccc4oc3=O)cc2)cc(OC(C)C)n1. The molecule has 0 radical (unpaired) electrons. The molecule has 0 spiro atoms. The number of hydrogen-bond acceptors (Lipinski definition) is 7. The molecule has 8 nitrogen and oxygen atoms in total. The average Bonchev–Trinajstić information content (AvgIpc) is 2.73. The number of carbonyl (C=O) groups is 1. The minimum Gasteiger partial charge on any atom is -0.475 e. The fraction of sp³-hybridized carbons (Fsp3) is 0.167. The Bertz CT molecular complexity index is 1330. The standard InChI is InChI=1S/C24H22N4O4/c1-14(2)31-22-13-21(25-15(3)26-22)27-17-8-10-18(11-9-17)28-23(29)19-12-16-6-4-5-7-20(16)32-24(19)30/h4-14H,1-3H3,(H,28,29)(H,25,26,27). The van der Waals surface area contributed by atoms with E-state index in [4.69, 9.17) is 9.15 Å². The second-order valence-corrected chi connectivity index (χ2v) is 7.45. The fourth-order valence-electron chi connectivity index (χ4n) is 3.11. The Morgan fingerprint density at radius 2 is 1.72 bits per heavy atom. The first kappa shape index (κ1) is 21.0. The van der Waals surface area contributed by atoms with Crippen LogP contribution in [0.5, 0.6) is 5.88 Å². The Balaban J connectivity index is 1.48. The van der Waals surface area contributed by atoms with Crippen molar-refractivity contribution in [3.8, 4) is 5.88 Å². The molecule has 2 aromatic heterocycles. The Labute approximate surface area is 184 Å². The number of para-hydroxylation sites is 1. The molecule has 2 heterocycles. The molecule has 0 aliphatic rings. The van der Waals surface area contributed by atoms with Gasteiger partial charge in [-0.3, -0.25) is 4.79 Å². The van der Waals surface area contributed by atoms with Crippen molar-refractivity contribution in [2.45, 2.75) is 26.9 Å². The summed E-state index contributed by atoms with van der Waals surface area (Å²) in [6.45, 7) is 5.65. The highest BCUT2D eigenvalue weighted by atomic mass is 16.5. The van der Waals surface area contributed by atoms with Gasteiger partial charge >= 0.3 is 5.63 Å². The third-order valence-electron chi connectivity index (χ3n) is 4.47. The zero-order valence-corrected chi connectivity index (χ0v) is 17.9. The van der Waals surface area contributed by atoms with Crippen LogP contribution in [0.3, 0.4) is 0 Å². The molecule has 0 fully saturated rings. The molecule has 4 aromatic rings. The zero-order chi connectivity index (χ0) is 22.7. The first-order valence-corrected chi connectivity index (χ1v) is 10.1. The first-order valence-electron chi connectivity index (χ1n) is 10.1. The average molecular weight is 430 g/mol. The van der Waals surface area contributed by atoms with Crippen LogP contribution in [0.15, 0.2) is 69.9 Å². The maximum atomic E-state index is 12.6. The van der Waals surface area contributed by atoms with Crippen LogP contribution < -0.4 is 21.0 Å². The predicted octanol–water partition coefficient (Wildman–Crippen LogP) is 4.67. The zero-order valence-electron chi connectivity index (χ0n) is 17.9. The van der Waals surface area contributed by atoms with Crippen LogP contribution in [0.4, 0.5) is 17.2 Å². The summed E-state index contributed by atoms with van der Waals surface area (Å²) in [5.41, 5.74) is 1.00. The van der Waals surface area contributed by atoms with Crippen molar-refractivity contribution in [2.75, 3.05) is 10.6 Å². The first-order chi connectivity index (χ1) is 15.4. The molecule has 2 aromatic carbocycles. The van der Waals surface area contributed by atoms with Crippen LogP contribution in [0.2, 0.25) is 0 Å². The van der Waals surface area contributed by atoms with Crippen molar-refractivity contribution in [3.05, 3.63) is 82.5 Å². The summed E-state index contributed by atoms with van der Waals surface area (Å²) in [5.74, 6) is 1.14.